The second kappa shape index (κ2) is 32.6. The van der Waals surface area contributed by atoms with Crippen molar-refractivity contribution in [2.24, 2.45) is 0 Å². The van der Waals surface area contributed by atoms with Crippen LogP contribution in [0, 0.1) is 0 Å². The van der Waals surface area contributed by atoms with E-state index in [1.54, 1.807) is 0 Å². The molecule has 0 fully saturated rings. The van der Waals surface area contributed by atoms with Crippen LogP contribution in [0.4, 0.5) is 0 Å². The van der Waals surface area contributed by atoms with E-state index in [-0.39, 0.29) is 18.8 Å². The van der Waals surface area contributed by atoms with Crippen LogP contribution in [0.5, 0.6) is 0 Å². The van der Waals surface area contributed by atoms with Gasteiger partial charge in [0.2, 0.25) is 5.78 Å². The van der Waals surface area contributed by atoms with E-state index in [9.17, 15) is 24.0 Å². The highest BCUT2D eigenvalue weighted by Crippen LogP contribution is 1.85. The van der Waals surface area contributed by atoms with E-state index in [0.717, 1.165) is 13.5 Å². The number of aliphatic carboxylic acids is 1. The number of aliphatic hydroxyl groups excluding tert-OH is 1. The number of ether oxygens (including phenoxy) is 3. The molecule has 10 nitrogen and oxygen atoms in total. The molecular formula is C19H34O10. The van der Waals surface area contributed by atoms with Crippen LogP contribution in [0.1, 0.15) is 39.5 Å². The Morgan fingerprint density at radius 3 is 1.24 bits per heavy atom. The lowest BCUT2D eigenvalue weighted by atomic mass is 10.3. The highest BCUT2D eigenvalue weighted by Gasteiger charge is 2.07. The molecule has 0 rings (SSSR count). The molecule has 0 aromatic carbocycles. The van der Waals surface area contributed by atoms with E-state index in [1.807, 2.05) is 6.08 Å². The van der Waals surface area contributed by atoms with Crippen LogP contribution in [0.15, 0.2) is 25.3 Å². The average Bonchev–Trinajstić information content (AvgIpc) is 2.75. The quantitative estimate of drug-likeness (QED) is 0.204. The molecule has 0 amide bonds. The normalized spacial score (nSPS) is 7.41. The van der Waals surface area contributed by atoms with Gasteiger partial charge in [-0.05, 0) is 6.42 Å². The summed E-state index contributed by atoms with van der Waals surface area (Å²) in [5, 5.41) is 14.8. The lowest BCUT2D eigenvalue weighted by Gasteiger charge is -1.95. The molecule has 0 aromatic heterocycles. The first kappa shape index (κ1) is 36.8. The van der Waals surface area contributed by atoms with Crippen LogP contribution in [0.25, 0.3) is 0 Å². The molecule has 0 aliphatic rings. The van der Waals surface area contributed by atoms with Gasteiger partial charge in [0, 0.05) is 13.5 Å². The average molecular weight is 422 g/mol. The minimum Gasteiger partial charge on any atom is -0.476 e. The third-order valence-corrected chi connectivity index (χ3v) is 2.13. The first-order valence-electron chi connectivity index (χ1n) is 8.24. The Morgan fingerprint density at radius 1 is 0.793 bits per heavy atom. The fourth-order valence-electron chi connectivity index (χ4n) is 0.615. The van der Waals surface area contributed by atoms with E-state index in [0.29, 0.717) is 6.42 Å². The van der Waals surface area contributed by atoms with Crippen LogP contribution in [0.3, 0.4) is 0 Å². The van der Waals surface area contributed by atoms with Gasteiger partial charge in [-0.2, -0.15) is 0 Å². The number of Topliss-reactive ketones (excluding diaryl/α,β-unsaturated/α-hetero) is 1. The van der Waals surface area contributed by atoms with Gasteiger partial charge in [-0.15, -0.1) is 13.2 Å². The topological polar surface area (TPSA) is 154 Å². The molecule has 170 valence electrons. The lowest BCUT2D eigenvalue weighted by Crippen LogP contribution is -2.09. The molecule has 0 spiro atoms. The summed E-state index contributed by atoms with van der Waals surface area (Å²) >= 11 is 0. The molecule has 0 heterocycles. The van der Waals surface area contributed by atoms with Gasteiger partial charge in [-0.1, -0.05) is 26.0 Å². The molecule has 0 atom stereocenters. The lowest BCUT2D eigenvalue weighted by molar-refractivity contribution is -0.151. The Morgan fingerprint density at radius 2 is 1.14 bits per heavy atom. The van der Waals surface area contributed by atoms with Gasteiger partial charge < -0.3 is 24.4 Å². The second-order valence-corrected chi connectivity index (χ2v) is 4.18. The maximum absolute atomic E-state index is 10.3. The van der Waals surface area contributed by atoms with Crippen LogP contribution in [0.2, 0.25) is 0 Å². The highest BCUT2D eigenvalue weighted by atomic mass is 16.5. The number of allylic oxidation sites excluding steroid dienone is 1. The predicted molar refractivity (Wildman–Crippen MR) is 107 cm³/mol. The number of esters is 3. The van der Waals surface area contributed by atoms with Gasteiger partial charge in [0.25, 0.3) is 0 Å². The highest BCUT2D eigenvalue weighted by molar-refractivity contribution is 6.32. The van der Waals surface area contributed by atoms with Crippen molar-refractivity contribution in [1.82, 2.24) is 0 Å². The van der Waals surface area contributed by atoms with Crippen molar-refractivity contribution >= 4 is 29.7 Å². The number of rotatable bonds is 7. The molecular weight excluding hydrogens is 388 g/mol. The van der Waals surface area contributed by atoms with E-state index >= 15 is 0 Å². The first-order chi connectivity index (χ1) is 13.6. The summed E-state index contributed by atoms with van der Waals surface area (Å²) in [5.74, 6) is -3.48. The molecule has 2 N–H and O–H groups in total. The summed E-state index contributed by atoms with van der Waals surface area (Å²) in [6.45, 7) is 10.4. The zero-order valence-corrected chi connectivity index (χ0v) is 18.1. The Bertz CT molecular complexity index is 456. The van der Waals surface area contributed by atoms with Crippen LogP contribution in [-0.2, 0) is 38.2 Å². The van der Waals surface area contributed by atoms with Gasteiger partial charge in [0.1, 0.15) is 6.42 Å². The van der Waals surface area contributed by atoms with Gasteiger partial charge >= 0.3 is 23.9 Å². The molecule has 0 radical (unpaired) electrons. The molecule has 0 saturated heterocycles. The smallest absolute Gasteiger partial charge is 0.372 e. The molecule has 10 heteroatoms. The molecule has 29 heavy (non-hydrogen) atoms. The van der Waals surface area contributed by atoms with Crippen LogP contribution >= 0.6 is 0 Å². The summed E-state index contributed by atoms with van der Waals surface area (Å²) in [6, 6.07) is 0. The van der Waals surface area contributed by atoms with E-state index < -0.39 is 23.7 Å². The zero-order valence-electron chi connectivity index (χ0n) is 18.1. The number of hydrogen-bond acceptors (Lipinski definition) is 9. The van der Waals surface area contributed by atoms with Crippen molar-refractivity contribution in [3.05, 3.63) is 25.3 Å². The third-order valence-electron chi connectivity index (χ3n) is 2.13. The molecule has 0 aliphatic carbocycles. The maximum atomic E-state index is 10.3. The number of aliphatic hydroxyl groups is 1. The monoisotopic (exact) mass is 422 g/mol. The summed E-state index contributed by atoms with van der Waals surface area (Å²) < 4.78 is 12.6. The van der Waals surface area contributed by atoms with E-state index in [1.165, 1.54) is 34.3 Å². The Balaban J connectivity index is -0.0000000882. The van der Waals surface area contributed by atoms with Crippen molar-refractivity contribution in [2.75, 3.05) is 28.4 Å². The van der Waals surface area contributed by atoms with Crippen molar-refractivity contribution in [2.45, 2.75) is 39.5 Å². The van der Waals surface area contributed by atoms with Gasteiger partial charge in [-0.3, -0.25) is 19.2 Å². The molecule has 0 bridgehead atoms. The predicted octanol–water partition coefficient (Wildman–Crippen LogP) is 1.70. The Hall–Kier alpha value is -3.01. The van der Waals surface area contributed by atoms with Crippen molar-refractivity contribution < 1.29 is 48.4 Å². The summed E-state index contributed by atoms with van der Waals surface area (Å²) in [6.07, 6.45) is 4.53. The Kier molecular flexibility index (Phi) is 41.5. The van der Waals surface area contributed by atoms with Gasteiger partial charge in [-0.25, -0.2) is 4.79 Å². The van der Waals surface area contributed by atoms with Crippen LogP contribution < -0.4 is 0 Å². The summed E-state index contributed by atoms with van der Waals surface area (Å²) in [5.41, 5.74) is 0. The minimum atomic E-state index is -1.34. The standard InChI is InChI=1S/C5H8O4.C5H8O2.C4H6O3.C4H8.CH4O/c1-8-4(6)3-5(7)9-2;1-3-4-5(6)7-2;1-2-3(5)4(6)7;1-3-4-2;1-2/h3H2,1-2H3;3H,1,4H2,2H3;2H2,1H3,(H,6,7);3H,1,4H2,2H3;2H,1H3. The maximum Gasteiger partial charge on any atom is 0.372 e. The minimum absolute atomic E-state index is 0.0787. The second-order valence-electron chi connectivity index (χ2n) is 4.18. The zero-order chi connectivity index (χ0) is 24.3. The number of carboxylic acids is 1. The molecule has 0 unspecified atom stereocenters. The first-order valence-corrected chi connectivity index (χ1v) is 8.24. The molecule has 0 aromatic rings. The summed E-state index contributed by atoms with van der Waals surface area (Å²) in [4.78, 5) is 50.1. The van der Waals surface area contributed by atoms with E-state index in [4.69, 9.17) is 10.2 Å². The van der Waals surface area contributed by atoms with Crippen molar-refractivity contribution in [3.63, 3.8) is 0 Å². The molecule has 0 aliphatic heterocycles. The fraction of sp³-hybridized carbons (Fsp3) is 0.526. The molecule has 0 saturated carbocycles. The SMILES string of the molecule is C=CCC.C=CCC(=O)OC.CCC(=O)C(=O)O.CO.COC(=O)CC(=O)OC. The van der Waals surface area contributed by atoms with Crippen molar-refractivity contribution in [1.29, 1.82) is 0 Å². The number of hydrogen-bond donors (Lipinski definition) is 2. The van der Waals surface area contributed by atoms with Crippen molar-refractivity contribution in [3.8, 4) is 0 Å². The number of ketones is 1. The number of methoxy groups -OCH3 is 3. The number of carbonyl (C=O) groups is 5. The largest absolute Gasteiger partial charge is 0.476 e. The summed E-state index contributed by atoms with van der Waals surface area (Å²) in [7, 11) is 4.78. The van der Waals surface area contributed by atoms with Crippen LogP contribution in [-0.4, -0.2) is 68.3 Å². The number of carbonyl (C=O) groups excluding carboxylic acids is 4. The fourth-order valence-corrected chi connectivity index (χ4v) is 0.615. The van der Waals surface area contributed by atoms with Gasteiger partial charge in [0.05, 0.1) is 27.8 Å². The van der Waals surface area contributed by atoms with Gasteiger partial charge in [0.15, 0.2) is 0 Å². The Labute approximate surface area is 172 Å². The third kappa shape index (κ3) is 45.8. The number of carboxylic acid groups (broad SMARTS) is 1. The van der Waals surface area contributed by atoms with E-state index in [2.05, 4.69) is 34.3 Å².